The predicted molar refractivity (Wildman–Crippen MR) is 27.1 cm³/mol. The minimum Gasteiger partial charge on any atom is -0.341 e. The number of β-lactam (4-membered cyclic amide) rings is 1. The molecule has 3 aliphatic heterocycles. The SMILES string of the molecule is O=C1N2CC3C[C@]13C2. The first kappa shape index (κ1) is 3.49. The van der Waals surface area contributed by atoms with Gasteiger partial charge in [-0.1, -0.05) is 0 Å². The Labute approximate surface area is 47.5 Å². The van der Waals surface area contributed by atoms with Crippen LogP contribution >= 0.6 is 0 Å². The fraction of sp³-hybridized carbons (Fsp3) is 0.833. The van der Waals surface area contributed by atoms with Crippen LogP contribution in [0.15, 0.2) is 0 Å². The lowest BCUT2D eigenvalue weighted by molar-refractivity contribution is -0.144. The molecule has 0 radical (unpaired) electrons. The Morgan fingerprint density at radius 2 is 2.62 bits per heavy atom. The number of nitrogens with zero attached hydrogens (tertiary/aromatic N) is 1. The van der Waals surface area contributed by atoms with Crippen molar-refractivity contribution in [2.45, 2.75) is 6.42 Å². The summed E-state index contributed by atoms with van der Waals surface area (Å²) in [5.41, 5.74) is 0.250. The highest BCUT2D eigenvalue weighted by molar-refractivity contribution is 5.95. The molecule has 2 bridgehead atoms. The number of rotatable bonds is 0. The summed E-state index contributed by atoms with van der Waals surface area (Å²) in [4.78, 5) is 12.9. The Bertz CT molecular complexity index is 187. The lowest BCUT2D eigenvalue weighted by Gasteiger charge is -2.31. The Kier molecular flexibility index (Phi) is 0.276. The van der Waals surface area contributed by atoms with Gasteiger partial charge in [0.2, 0.25) is 5.91 Å². The van der Waals surface area contributed by atoms with Crippen LogP contribution in [-0.2, 0) is 4.79 Å². The van der Waals surface area contributed by atoms with Gasteiger partial charge < -0.3 is 4.90 Å². The van der Waals surface area contributed by atoms with E-state index in [1.54, 1.807) is 0 Å². The zero-order chi connectivity index (χ0) is 5.35. The molecule has 1 unspecified atom stereocenters. The molecule has 3 saturated heterocycles. The highest BCUT2D eigenvalue weighted by atomic mass is 16.2. The molecule has 3 heterocycles. The summed E-state index contributed by atoms with van der Waals surface area (Å²) >= 11 is 0. The van der Waals surface area contributed by atoms with Crippen molar-refractivity contribution in [3.8, 4) is 0 Å². The minimum absolute atomic E-state index is 0.250. The van der Waals surface area contributed by atoms with E-state index in [1.807, 2.05) is 4.90 Å². The van der Waals surface area contributed by atoms with Gasteiger partial charge in [0.25, 0.3) is 0 Å². The van der Waals surface area contributed by atoms with Crippen LogP contribution in [0.4, 0.5) is 0 Å². The molecule has 1 saturated carbocycles. The van der Waals surface area contributed by atoms with E-state index >= 15 is 0 Å². The van der Waals surface area contributed by atoms with Gasteiger partial charge in [0, 0.05) is 13.1 Å². The van der Waals surface area contributed by atoms with E-state index in [1.165, 1.54) is 6.42 Å². The van der Waals surface area contributed by atoms with E-state index in [0.717, 1.165) is 19.0 Å². The highest BCUT2D eigenvalue weighted by Gasteiger charge is 2.74. The Morgan fingerprint density at radius 3 is 2.75 bits per heavy atom. The van der Waals surface area contributed by atoms with Crippen LogP contribution < -0.4 is 0 Å². The zero-order valence-electron chi connectivity index (χ0n) is 4.55. The number of hydrogen-bond donors (Lipinski definition) is 0. The van der Waals surface area contributed by atoms with Gasteiger partial charge >= 0.3 is 0 Å². The van der Waals surface area contributed by atoms with Gasteiger partial charge in [-0.15, -0.1) is 0 Å². The van der Waals surface area contributed by atoms with Gasteiger partial charge in [0.15, 0.2) is 0 Å². The maximum Gasteiger partial charge on any atom is 0.230 e. The molecule has 42 valence electrons. The zero-order valence-corrected chi connectivity index (χ0v) is 4.55. The maximum atomic E-state index is 10.9. The van der Waals surface area contributed by atoms with E-state index < -0.39 is 0 Å². The molecule has 4 fully saturated rings. The van der Waals surface area contributed by atoms with Gasteiger partial charge in [0.05, 0.1) is 5.41 Å². The first-order valence-electron chi connectivity index (χ1n) is 3.12. The van der Waals surface area contributed by atoms with Crippen molar-refractivity contribution >= 4 is 5.91 Å². The lowest BCUT2D eigenvalue weighted by atomic mass is 9.99. The number of piperidine rings is 2. The summed E-state index contributed by atoms with van der Waals surface area (Å²) in [6.07, 6.45) is 1.21. The van der Waals surface area contributed by atoms with Crippen LogP contribution in [0.2, 0.25) is 0 Å². The monoisotopic (exact) mass is 109 g/mol. The summed E-state index contributed by atoms with van der Waals surface area (Å²) in [5.74, 6) is 1.23. The molecule has 1 spiro atoms. The third-order valence-electron chi connectivity index (χ3n) is 2.86. The number of carbonyl (C=O) groups excluding carboxylic acids is 1. The van der Waals surface area contributed by atoms with Crippen LogP contribution in [0.5, 0.6) is 0 Å². The molecule has 4 rings (SSSR count). The molecule has 0 aromatic carbocycles. The van der Waals surface area contributed by atoms with Crippen LogP contribution in [-0.4, -0.2) is 23.9 Å². The number of carbonyl (C=O) groups is 1. The second-order valence-corrected chi connectivity index (χ2v) is 3.24. The summed E-state index contributed by atoms with van der Waals surface area (Å²) in [7, 11) is 0. The average Bonchev–Trinajstić information content (AvgIpc) is 2.33. The summed E-state index contributed by atoms with van der Waals surface area (Å²) in [6, 6.07) is 0. The van der Waals surface area contributed by atoms with Crippen LogP contribution in [0.1, 0.15) is 6.42 Å². The maximum absolute atomic E-state index is 10.9. The second kappa shape index (κ2) is 0.634. The van der Waals surface area contributed by atoms with Crippen molar-refractivity contribution in [2.75, 3.05) is 13.1 Å². The molecule has 1 aliphatic carbocycles. The highest BCUT2D eigenvalue weighted by Crippen LogP contribution is 2.66. The topological polar surface area (TPSA) is 20.3 Å². The van der Waals surface area contributed by atoms with E-state index in [0.29, 0.717) is 5.91 Å². The van der Waals surface area contributed by atoms with Crippen molar-refractivity contribution in [3.63, 3.8) is 0 Å². The van der Waals surface area contributed by atoms with E-state index in [2.05, 4.69) is 0 Å². The van der Waals surface area contributed by atoms with E-state index in [-0.39, 0.29) is 5.41 Å². The van der Waals surface area contributed by atoms with Crippen LogP contribution in [0, 0.1) is 11.3 Å². The van der Waals surface area contributed by atoms with Crippen molar-refractivity contribution in [1.29, 1.82) is 0 Å². The Hall–Kier alpha value is -0.530. The molecule has 0 N–H and O–H groups in total. The van der Waals surface area contributed by atoms with Crippen molar-refractivity contribution < 1.29 is 4.79 Å². The number of amides is 1. The van der Waals surface area contributed by atoms with Crippen molar-refractivity contribution in [1.82, 2.24) is 4.90 Å². The standard InChI is InChI=1S/C6H7NO/c8-5-6-1-4(6)2-7(5)3-6/h4H,1-3H2/t4?,6-/m1/s1. The molecular weight excluding hydrogens is 102 g/mol. The Balaban J connectivity index is 2.20. The minimum atomic E-state index is 0.250. The fourth-order valence-corrected chi connectivity index (χ4v) is 2.19. The third-order valence-corrected chi connectivity index (χ3v) is 2.86. The fourth-order valence-electron chi connectivity index (χ4n) is 2.19. The molecule has 8 heavy (non-hydrogen) atoms. The van der Waals surface area contributed by atoms with Gasteiger partial charge in [-0.25, -0.2) is 0 Å². The van der Waals surface area contributed by atoms with Gasteiger partial charge in [-0.05, 0) is 12.3 Å². The predicted octanol–water partition coefficient (Wildman–Crippen LogP) is -0.151. The first-order chi connectivity index (χ1) is 3.83. The molecular formula is C6H7NO. The first-order valence-corrected chi connectivity index (χ1v) is 3.12. The summed E-state index contributed by atoms with van der Waals surface area (Å²) in [5, 5.41) is 0. The molecule has 4 aliphatic rings. The molecule has 2 nitrogen and oxygen atoms in total. The van der Waals surface area contributed by atoms with Crippen LogP contribution in [0.3, 0.4) is 0 Å². The quantitative estimate of drug-likeness (QED) is 0.396. The average molecular weight is 109 g/mol. The molecule has 0 aromatic rings. The van der Waals surface area contributed by atoms with E-state index in [9.17, 15) is 4.79 Å². The van der Waals surface area contributed by atoms with Crippen molar-refractivity contribution in [3.05, 3.63) is 0 Å². The van der Waals surface area contributed by atoms with Gasteiger partial charge in [0.1, 0.15) is 0 Å². The molecule has 2 atom stereocenters. The Morgan fingerprint density at radius 1 is 1.75 bits per heavy atom. The molecule has 1 amide bonds. The molecule has 0 aromatic heterocycles. The van der Waals surface area contributed by atoms with Gasteiger partial charge in [-0.2, -0.15) is 0 Å². The van der Waals surface area contributed by atoms with E-state index in [4.69, 9.17) is 0 Å². The van der Waals surface area contributed by atoms with Crippen molar-refractivity contribution in [2.24, 2.45) is 11.3 Å². The smallest absolute Gasteiger partial charge is 0.230 e. The second-order valence-electron chi connectivity index (χ2n) is 3.24. The normalized spacial score (nSPS) is 55.8. The van der Waals surface area contributed by atoms with Crippen LogP contribution in [0.25, 0.3) is 0 Å². The summed E-state index contributed by atoms with van der Waals surface area (Å²) < 4.78 is 0. The van der Waals surface area contributed by atoms with Gasteiger partial charge in [-0.3, -0.25) is 4.79 Å². The largest absolute Gasteiger partial charge is 0.341 e. The lowest BCUT2D eigenvalue weighted by Crippen LogP contribution is -2.48. The molecule has 2 heteroatoms. The third kappa shape index (κ3) is 0.145. The summed E-state index contributed by atoms with van der Waals surface area (Å²) in [6.45, 7) is 2.18. The number of hydrogen-bond acceptors (Lipinski definition) is 1.